The first-order chi connectivity index (χ1) is 14.3. The Morgan fingerprint density at radius 2 is 1.79 bits per heavy atom. The number of amides is 1. The molecule has 1 aromatic heterocycles. The van der Waals surface area contributed by atoms with E-state index in [1.165, 1.54) is 18.4 Å². The quantitative estimate of drug-likeness (QED) is 0.820. The molecule has 2 fully saturated rings. The predicted octanol–water partition coefficient (Wildman–Crippen LogP) is 2.98. The fraction of sp³-hybridized carbons (Fsp3) is 0.435. The van der Waals surface area contributed by atoms with Gasteiger partial charge in [0, 0.05) is 38.8 Å². The van der Waals surface area contributed by atoms with Crippen LogP contribution in [0.1, 0.15) is 41.7 Å². The van der Waals surface area contributed by atoms with Gasteiger partial charge in [-0.15, -0.1) is 0 Å². The Balaban J connectivity index is 1.24. The molecule has 0 spiro atoms. The molecule has 1 saturated carbocycles. The summed E-state index contributed by atoms with van der Waals surface area (Å²) in [5.74, 6) is 0.743. The van der Waals surface area contributed by atoms with Crippen LogP contribution in [-0.4, -0.2) is 59.5 Å². The van der Waals surface area contributed by atoms with Crippen molar-refractivity contribution in [3.8, 4) is 0 Å². The Morgan fingerprint density at radius 1 is 1.03 bits per heavy atom. The van der Waals surface area contributed by atoms with Gasteiger partial charge in [0.15, 0.2) is 0 Å². The number of anilines is 1. The van der Waals surface area contributed by atoms with Gasteiger partial charge in [-0.25, -0.2) is 9.97 Å². The maximum absolute atomic E-state index is 12.3. The van der Waals surface area contributed by atoms with Crippen molar-refractivity contribution >= 4 is 17.8 Å². The van der Waals surface area contributed by atoms with Crippen molar-refractivity contribution in [1.82, 2.24) is 20.2 Å². The zero-order chi connectivity index (χ0) is 19.9. The molecule has 1 aliphatic heterocycles. The third-order valence-corrected chi connectivity index (χ3v) is 5.73. The second-order valence-electron chi connectivity index (χ2n) is 7.82. The molecule has 0 unspecified atom stereocenters. The molecular formula is C23H29N5O. The molecule has 6 heteroatoms. The van der Waals surface area contributed by atoms with Crippen molar-refractivity contribution in [2.75, 3.05) is 37.6 Å². The van der Waals surface area contributed by atoms with Crippen LogP contribution in [0.5, 0.6) is 0 Å². The number of aromatic nitrogens is 2. The second-order valence-corrected chi connectivity index (χ2v) is 7.82. The highest BCUT2D eigenvalue weighted by molar-refractivity contribution is 5.92. The smallest absolute Gasteiger partial charge is 0.271 e. The number of hydrogen-bond donors (Lipinski definition) is 1. The average Bonchev–Trinajstić information content (AvgIpc) is 3.28. The van der Waals surface area contributed by atoms with E-state index < -0.39 is 0 Å². The van der Waals surface area contributed by atoms with Crippen molar-refractivity contribution in [1.29, 1.82) is 0 Å². The maximum Gasteiger partial charge on any atom is 0.271 e. The monoisotopic (exact) mass is 391 g/mol. The van der Waals surface area contributed by atoms with Gasteiger partial charge in [-0.2, -0.15) is 0 Å². The van der Waals surface area contributed by atoms with Gasteiger partial charge in [0.1, 0.15) is 11.5 Å². The molecule has 0 atom stereocenters. The summed E-state index contributed by atoms with van der Waals surface area (Å²) < 4.78 is 0. The lowest BCUT2D eigenvalue weighted by Crippen LogP contribution is -2.46. The van der Waals surface area contributed by atoms with Crippen molar-refractivity contribution in [3.63, 3.8) is 0 Å². The third-order valence-electron chi connectivity index (χ3n) is 5.73. The molecule has 4 rings (SSSR count). The Bertz CT molecular complexity index is 807. The Kier molecular flexibility index (Phi) is 6.52. The molecule has 2 aliphatic rings. The summed E-state index contributed by atoms with van der Waals surface area (Å²) in [5, 5.41) is 3.06. The average molecular weight is 392 g/mol. The van der Waals surface area contributed by atoms with Crippen LogP contribution in [0, 0.1) is 0 Å². The van der Waals surface area contributed by atoms with Gasteiger partial charge in [0.05, 0.1) is 12.4 Å². The number of nitrogens with zero attached hydrogens (tertiary/aromatic N) is 4. The first-order valence-corrected chi connectivity index (χ1v) is 10.6. The first-order valence-electron chi connectivity index (χ1n) is 10.6. The second kappa shape index (κ2) is 9.65. The number of benzene rings is 1. The molecule has 6 nitrogen and oxygen atoms in total. The fourth-order valence-electron chi connectivity index (χ4n) is 3.99. The molecule has 1 amide bonds. The summed E-state index contributed by atoms with van der Waals surface area (Å²) in [6.07, 6.45) is 12.3. The van der Waals surface area contributed by atoms with Gasteiger partial charge in [-0.05, 0) is 18.4 Å². The largest absolute Gasteiger partial charge is 0.353 e. The first kappa shape index (κ1) is 19.6. The molecule has 152 valence electrons. The van der Waals surface area contributed by atoms with Gasteiger partial charge in [-0.1, -0.05) is 55.3 Å². The minimum atomic E-state index is -0.106. The van der Waals surface area contributed by atoms with Crippen LogP contribution in [0.15, 0.2) is 48.8 Å². The summed E-state index contributed by atoms with van der Waals surface area (Å²) in [4.78, 5) is 25.8. The zero-order valence-corrected chi connectivity index (χ0v) is 16.8. The molecular weight excluding hydrogens is 362 g/mol. The molecule has 1 N–H and O–H groups in total. The van der Waals surface area contributed by atoms with E-state index in [-0.39, 0.29) is 5.91 Å². The molecule has 29 heavy (non-hydrogen) atoms. The lowest BCUT2D eigenvalue weighted by Gasteiger charge is -2.34. The Hall–Kier alpha value is -2.73. The van der Waals surface area contributed by atoms with Crippen LogP contribution in [-0.2, 0) is 0 Å². The minimum Gasteiger partial charge on any atom is -0.353 e. The van der Waals surface area contributed by atoms with Crippen LogP contribution >= 0.6 is 0 Å². The predicted molar refractivity (Wildman–Crippen MR) is 116 cm³/mol. The van der Waals surface area contributed by atoms with Crippen molar-refractivity contribution < 1.29 is 4.79 Å². The van der Waals surface area contributed by atoms with E-state index in [1.54, 1.807) is 12.4 Å². The summed E-state index contributed by atoms with van der Waals surface area (Å²) in [6.45, 7) is 4.77. The summed E-state index contributed by atoms with van der Waals surface area (Å²) in [5.41, 5.74) is 1.64. The van der Waals surface area contributed by atoms with Gasteiger partial charge in [0.25, 0.3) is 5.91 Å². The van der Waals surface area contributed by atoms with E-state index in [0.29, 0.717) is 11.7 Å². The number of piperazine rings is 1. The van der Waals surface area contributed by atoms with E-state index in [4.69, 9.17) is 0 Å². The van der Waals surface area contributed by atoms with Crippen molar-refractivity contribution in [2.24, 2.45) is 0 Å². The highest BCUT2D eigenvalue weighted by Gasteiger charge is 2.20. The van der Waals surface area contributed by atoms with Gasteiger partial charge in [-0.3, -0.25) is 9.69 Å². The Labute approximate surface area is 172 Å². The number of nitrogens with one attached hydrogen (secondary N) is 1. The summed E-state index contributed by atoms with van der Waals surface area (Å²) >= 11 is 0. The summed E-state index contributed by atoms with van der Waals surface area (Å²) in [7, 11) is 0. The highest BCUT2D eigenvalue weighted by atomic mass is 16.1. The third kappa shape index (κ3) is 5.41. The molecule has 1 saturated heterocycles. The number of carbonyl (C=O) groups is 1. The number of carbonyl (C=O) groups excluding carboxylic acids is 1. The van der Waals surface area contributed by atoms with E-state index in [2.05, 4.69) is 61.5 Å². The van der Waals surface area contributed by atoms with Crippen LogP contribution < -0.4 is 10.2 Å². The normalized spacial score (nSPS) is 18.4. The van der Waals surface area contributed by atoms with E-state index in [0.717, 1.165) is 51.4 Å². The fourth-order valence-corrected chi connectivity index (χ4v) is 3.99. The Morgan fingerprint density at radius 3 is 2.48 bits per heavy atom. The van der Waals surface area contributed by atoms with E-state index in [9.17, 15) is 4.79 Å². The zero-order valence-electron chi connectivity index (χ0n) is 16.8. The van der Waals surface area contributed by atoms with Gasteiger partial charge >= 0.3 is 0 Å². The SMILES string of the molecule is O=C(NC1CCCC1)c1cnc(N2CCN(C/C=C/c3ccccc3)CC2)cn1. The van der Waals surface area contributed by atoms with Gasteiger partial charge < -0.3 is 10.2 Å². The van der Waals surface area contributed by atoms with Crippen LogP contribution in [0.4, 0.5) is 5.82 Å². The molecule has 1 aliphatic carbocycles. The highest BCUT2D eigenvalue weighted by Crippen LogP contribution is 2.18. The molecule has 2 aromatic rings. The minimum absolute atomic E-state index is 0.106. The number of hydrogen-bond acceptors (Lipinski definition) is 5. The van der Waals surface area contributed by atoms with Crippen molar-refractivity contribution in [2.45, 2.75) is 31.7 Å². The summed E-state index contributed by atoms with van der Waals surface area (Å²) in [6, 6.07) is 10.7. The lowest BCUT2D eigenvalue weighted by atomic mass is 10.2. The standard InChI is InChI=1S/C23H29N5O/c29-23(26-20-10-4-5-11-20)21-17-25-22(18-24-21)28-15-13-27(14-16-28)12-6-9-19-7-2-1-3-8-19/h1-3,6-9,17-18,20H,4-5,10-16H2,(H,26,29)/b9-6+. The molecule has 0 radical (unpaired) electrons. The molecule has 1 aromatic carbocycles. The van der Waals surface area contributed by atoms with E-state index in [1.807, 2.05) is 6.07 Å². The van der Waals surface area contributed by atoms with Crippen LogP contribution in [0.3, 0.4) is 0 Å². The van der Waals surface area contributed by atoms with E-state index >= 15 is 0 Å². The van der Waals surface area contributed by atoms with Crippen molar-refractivity contribution in [3.05, 3.63) is 60.1 Å². The topological polar surface area (TPSA) is 61.4 Å². The molecule has 2 heterocycles. The van der Waals surface area contributed by atoms with Gasteiger partial charge in [0.2, 0.25) is 0 Å². The lowest BCUT2D eigenvalue weighted by molar-refractivity contribution is 0.0932. The number of rotatable bonds is 6. The molecule has 0 bridgehead atoms. The maximum atomic E-state index is 12.3. The van der Waals surface area contributed by atoms with Crippen LogP contribution in [0.25, 0.3) is 6.08 Å². The van der Waals surface area contributed by atoms with Crippen LogP contribution in [0.2, 0.25) is 0 Å².